The Labute approximate surface area is 155 Å². The van der Waals surface area contributed by atoms with Crippen LogP contribution in [0.25, 0.3) is 0 Å². The highest BCUT2D eigenvalue weighted by Crippen LogP contribution is 2.32. The number of nitrogens with zero attached hydrogens (tertiary/aromatic N) is 1. The summed E-state index contributed by atoms with van der Waals surface area (Å²) in [5.41, 5.74) is 4.13. The molecule has 0 bridgehead atoms. The topological polar surface area (TPSA) is 50.7 Å². The molecule has 0 saturated heterocycles. The van der Waals surface area contributed by atoms with Crippen molar-refractivity contribution in [2.75, 3.05) is 0 Å². The van der Waals surface area contributed by atoms with E-state index in [4.69, 9.17) is 9.73 Å². The molecule has 2 aromatic carbocycles. The standard InChI is InChI=1S/C22H26N2O2/c1-15(2)26-22(24-21(25)18-12-6-4-9-16(18)3)23-20-14-8-11-17-10-5-7-13-19(17)20/h4-7,9-10,12-13,15,20H,8,11,14H2,1-3H3,(H,23,24,25)/t20-/m1/s1. The smallest absolute Gasteiger partial charge is 0.292 e. The predicted octanol–water partition coefficient (Wildman–Crippen LogP) is 4.58. The van der Waals surface area contributed by atoms with E-state index in [2.05, 4.69) is 23.5 Å². The van der Waals surface area contributed by atoms with Crippen LogP contribution >= 0.6 is 0 Å². The second kappa shape index (κ2) is 8.17. The lowest BCUT2D eigenvalue weighted by Crippen LogP contribution is -2.35. The van der Waals surface area contributed by atoms with Crippen molar-refractivity contribution in [1.82, 2.24) is 5.32 Å². The van der Waals surface area contributed by atoms with Crippen LogP contribution in [0.4, 0.5) is 0 Å². The van der Waals surface area contributed by atoms with Gasteiger partial charge in [0.2, 0.25) is 0 Å². The molecule has 0 aromatic heterocycles. The van der Waals surface area contributed by atoms with Gasteiger partial charge < -0.3 is 4.74 Å². The fraction of sp³-hybridized carbons (Fsp3) is 0.364. The molecule has 0 saturated carbocycles. The van der Waals surface area contributed by atoms with Crippen LogP contribution in [0.2, 0.25) is 0 Å². The van der Waals surface area contributed by atoms with Crippen LogP contribution in [0.1, 0.15) is 59.8 Å². The molecule has 1 N–H and O–H groups in total. The Hall–Kier alpha value is -2.62. The van der Waals surface area contributed by atoms with Gasteiger partial charge in [0.05, 0.1) is 12.1 Å². The van der Waals surface area contributed by atoms with Crippen LogP contribution in [-0.2, 0) is 11.2 Å². The largest absolute Gasteiger partial charge is 0.462 e. The Morgan fingerprint density at radius 3 is 2.65 bits per heavy atom. The molecule has 0 aliphatic heterocycles. The Balaban J connectivity index is 1.86. The maximum atomic E-state index is 12.7. The van der Waals surface area contributed by atoms with Gasteiger partial charge in [-0.05, 0) is 62.8 Å². The fourth-order valence-corrected chi connectivity index (χ4v) is 3.31. The van der Waals surface area contributed by atoms with E-state index >= 15 is 0 Å². The predicted molar refractivity (Wildman–Crippen MR) is 104 cm³/mol. The van der Waals surface area contributed by atoms with Gasteiger partial charge in [0, 0.05) is 5.56 Å². The lowest BCUT2D eigenvalue weighted by Gasteiger charge is -2.24. The van der Waals surface area contributed by atoms with Gasteiger partial charge in [0.15, 0.2) is 0 Å². The Bertz CT molecular complexity index is 811. The van der Waals surface area contributed by atoms with Crippen molar-refractivity contribution in [3.05, 3.63) is 70.8 Å². The molecule has 0 spiro atoms. The molecule has 1 atom stereocenters. The number of hydrogen-bond donors (Lipinski definition) is 1. The van der Waals surface area contributed by atoms with Gasteiger partial charge in [-0.1, -0.05) is 42.5 Å². The minimum Gasteiger partial charge on any atom is -0.462 e. The molecular weight excluding hydrogens is 324 g/mol. The number of amidine groups is 1. The molecule has 4 heteroatoms. The molecule has 1 aliphatic rings. The van der Waals surface area contributed by atoms with E-state index in [-0.39, 0.29) is 18.1 Å². The normalized spacial score (nSPS) is 16.9. The highest BCUT2D eigenvalue weighted by molar-refractivity contribution is 6.05. The number of aliphatic imine (C=N–C) groups is 1. The molecule has 3 rings (SSSR count). The summed E-state index contributed by atoms with van der Waals surface area (Å²) < 4.78 is 5.82. The van der Waals surface area contributed by atoms with E-state index in [1.807, 2.05) is 51.1 Å². The Kier molecular flexibility index (Phi) is 5.71. The highest BCUT2D eigenvalue weighted by Gasteiger charge is 2.21. The molecule has 4 nitrogen and oxygen atoms in total. The summed E-state index contributed by atoms with van der Waals surface area (Å²) in [5, 5.41) is 2.87. The molecule has 136 valence electrons. The number of ether oxygens (including phenoxy) is 1. The molecule has 1 amide bonds. The monoisotopic (exact) mass is 350 g/mol. The zero-order valence-electron chi connectivity index (χ0n) is 15.7. The maximum Gasteiger partial charge on any atom is 0.292 e. The number of hydrogen-bond acceptors (Lipinski definition) is 3. The van der Waals surface area contributed by atoms with Crippen molar-refractivity contribution in [3.8, 4) is 0 Å². The van der Waals surface area contributed by atoms with Crippen molar-refractivity contribution < 1.29 is 9.53 Å². The molecule has 2 aromatic rings. The second-order valence-electron chi connectivity index (χ2n) is 6.98. The van der Waals surface area contributed by atoms with Crippen LogP contribution < -0.4 is 5.32 Å². The number of carbonyl (C=O) groups excluding carboxylic acids is 1. The average molecular weight is 350 g/mol. The summed E-state index contributed by atoms with van der Waals surface area (Å²) in [6, 6.07) is 16.2. The highest BCUT2D eigenvalue weighted by atomic mass is 16.5. The van der Waals surface area contributed by atoms with Crippen LogP contribution in [0, 0.1) is 6.92 Å². The van der Waals surface area contributed by atoms with Crippen LogP contribution in [0.15, 0.2) is 53.5 Å². The fourth-order valence-electron chi connectivity index (χ4n) is 3.31. The minimum absolute atomic E-state index is 0.0193. The van der Waals surface area contributed by atoms with Crippen LogP contribution in [-0.4, -0.2) is 18.0 Å². The van der Waals surface area contributed by atoms with Crippen molar-refractivity contribution in [3.63, 3.8) is 0 Å². The molecule has 1 aliphatic carbocycles. The number of fused-ring (bicyclic) bond motifs is 1. The van der Waals surface area contributed by atoms with Gasteiger partial charge >= 0.3 is 0 Å². The van der Waals surface area contributed by atoms with Gasteiger partial charge in [-0.15, -0.1) is 0 Å². The Morgan fingerprint density at radius 1 is 1.15 bits per heavy atom. The number of nitrogens with one attached hydrogen (secondary N) is 1. The van der Waals surface area contributed by atoms with Crippen molar-refractivity contribution in [2.24, 2.45) is 4.99 Å². The third-order valence-corrected chi connectivity index (χ3v) is 4.57. The summed E-state index contributed by atoms with van der Waals surface area (Å²) in [5.74, 6) is -0.188. The summed E-state index contributed by atoms with van der Waals surface area (Å²) in [4.78, 5) is 17.4. The van der Waals surface area contributed by atoms with E-state index in [1.54, 1.807) is 0 Å². The van der Waals surface area contributed by atoms with Crippen molar-refractivity contribution in [1.29, 1.82) is 0 Å². The van der Waals surface area contributed by atoms with Crippen molar-refractivity contribution >= 4 is 11.9 Å². The average Bonchev–Trinajstić information content (AvgIpc) is 2.62. The lowest BCUT2D eigenvalue weighted by atomic mass is 9.88. The maximum absolute atomic E-state index is 12.7. The van der Waals surface area contributed by atoms with Gasteiger partial charge in [0.25, 0.3) is 11.9 Å². The molecule has 0 heterocycles. The van der Waals surface area contributed by atoms with E-state index in [9.17, 15) is 4.79 Å². The number of amides is 1. The third kappa shape index (κ3) is 4.31. The summed E-state index contributed by atoms with van der Waals surface area (Å²) in [6.45, 7) is 5.79. The zero-order valence-corrected chi connectivity index (χ0v) is 15.7. The molecule has 0 radical (unpaired) electrons. The first kappa shape index (κ1) is 18.2. The molecule has 0 unspecified atom stereocenters. The SMILES string of the molecule is Cc1ccccc1C(=O)NC(=N[C@@H]1CCCc2ccccc21)OC(C)C. The molecule has 0 fully saturated rings. The Morgan fingerprint density at radius 2 is 1.88 bits per heavy atom. The van der Waals surface area contributed by atoms with Crippen LogP contribution in [0.5, 0.6) is 0 Å². The number of benzene rings is 2. The van der Waals surface area contributed by atoms with E-state index in [1.165, 1.54) is 11.1 Å². The van der Waals surface area contributed by atoms with Gasteiger partial charge in [-0.2, -0.15) is 0 Å². The first-order chi connectivity index (χ1) is 12.5. The zero-order chi connectivity index (χ0) is 18.5. The number of rotatable bonds is 3. The quantitative estimate of drug-likeness (QED) is 0.650. The molecule has 26 heavy (non-hydrogen) atoms. The second-order valence-corrected chi connectivity index (χ2v) is 6.98. The van der Waals surface area contributed by atoms with E-state index < -0.39 is 0 Å². The summed E-state index contributed by atoms with van der Waals surface area (Å²) >= 11 is 0. The molecular formula is C22H26N2O2. The first-order valence-corrected chi connectivity index (χ1v) is 9.24. The number of carbonyl (C=O) groups is 1. The lowest BCUT2D eigenvalue weighted by molar-refractivity contribution is 0.0958. The summed E-state index contributed by atoms with van der Waals surface area (Å²) in [7, 11) is 0. The van der Waals surface area contributed by atoms with Gasteiger partial charge in [-0.3, -0.25) is 10.1 Å². The van der Waals surface area contributed by atoms with Crippen molar-refractivity contribution in [2.45, 2.75) is 52.2 Å². The first-order valence-electron chi connectivity index (χ1n) is 9.24. The van der Waals surface area contributed by atoms with E-state index in [0.717, 1.165) is 24.8 Å². The third-order valence-electron chi connectivity index (χ3n) is 4.57. The minimum atomic E-state index is -0.188. The number of aryl methyl sites for hydroxylation is 2. The van der Waals surface area contributed by atoms with Gasteiger partial charge in [0.1, 0.15) is 0 Å². The van der Waals surface area contributed by atoms with E-state index in [0.29, 0.717) is 11.6 Å². The van der Waals surface area contributed by atoms with Gasteiger partial charge in [-0.25, -0.2) is 4.99 Å². The summed E-state index contributed by atoms with van der Waals surface area (Å²) in [6.07, 6.45) is 3.07. The van der Waals surface area contributed by atoms with Crippen LogP contribution in [0.3, 0.4) is 0 Å².